The van der Waals surface area contributed by atoms with E-state index >= 15 is 0 Å². The van der Waals surface area contributed by atoms with Gasteiger partial charge in [-0.05, 0) is 0 Å². The molecular formula is C12H16N6O3. The zero-order valence-electron chi connectivity index (χ0n) is 11.9. The molecule has 0 radical (unpaired) electrons. The summed E-state index contributed by atoms with van der Waals surface area (Å²) in [7, 11) is 0. The number of anilines is 1. The van der Waals surface area contributed by atoms with Gasteiger partial charge in [0.2, 0.25) is 5.82 Å². The lowest BCUT2D eigenvalue weighted by Gasteiger charge is -2.12. The summed E-state index contributed by atoms with van der Waals surface area (Å²) in [6, 6.07) is 0. The minimum atomic E-state index is -1.01. The topological polar surface area (TPSA) is 126 Å². The van der Waals surface area contributed by atoms with Gasteiger partial charge in [-0.25, -0.2) is 4.98 Å². The van der Waals surface area contributed by atoms with Crippen molar-refractivity contribution in [2.24, 2.45) is 0 Å². The maximum atomic E-state index is 12.0. The minimum absolute atomic E-state index is 0.0194. The molecule has 0 aliphatic rings. The molecule has 9 heteroatoms. The van der Waals surface area contributed by atoms with Gasteiger partial charge < -0.3 is 10.4 Å². The molecule has 0 aliphatic heterocycles. The fourth-order valence-electron chi connectivity index (χ4n) is 1.54. The van der Waals surface area contributed by atoms with Crippen LogP contribution in [0.3, 0.4) is 0 Å². The van der Waals surface area contributed by atoms with Crippen molar-refractivity contribution >= 4 is 17.6 Å². The summed E-state index contributed by atoms with van der Waals surface area (Å²) in [4.78, 5) is 26.7. The first kappa shape index (κ1) is 14.7. The number of hydrogen-bond donors (Lipinski definition) is 3. The van der Waals surface area contributed by atoms with Crippen LogP contribution in [-0.2, 0) is 16.8 Å². The van der Waals surface area contributed by atoms with E-state index in [0.29, 0.717) is 11.5 Å². The summed E-state index contributed by atoms with van der Waals surface area (Å²) in [5, 5.41) is 21.6. The van der Waals surface area contributed by atoms with E-state index in [1.807, 2.05) is 20.8 Å². The standard InChI is InChI=1S/C12H16N6O3/c1-12(2,3)11-15-9(16-17-11)10(21)14-7-4-13-18(5-7)6-8(19)20/h4-5H,6H2,1-3H3,(H,14,21)(H,19,20)(H,15,16,17). The number of nitrogens with zero attached hydrogens (tertiary/aromatic N) is 4. The number of rotatable bonds is 4. The lowest BCUT2D eigenvalue weighted by molar-refractivity contribution is -0.137. The minimum Gasteiger partial charge on any atom is -0.480 e. The molecule has 112 valence electrons. The average Bonchev–Trinajstić information content (AvgIpc) is 2.96. The first-order valence-corrected chi connectivity index (χ1v) is 6.24. The van der Waals surface area contributed by atoms with E-state index < -0.39 is 11.9 Å². The number of carbonyl (C=O) groups is 2. The molecule has 2 aromatic rings. The van der Waals surface area contributed by atoms with Gasteiger partial charge in [-0.15, -0.1) is 5.10 Å². The van der Waals surface area contributed by atoms with Gasteiger partial charge in [-0.3, -0.25) is 19.4 Å². The lowest BCUT2D eigenvalue weighted by Crippen LogP contribution is -2.16. The summed E-state index contributed by atoms with van der Waals surface area (Å²) < 4.78 is 1.20. The zero-order valence-corrected chi connectivity index (χ0v) is 11.9. The van der Waals surface area contributed by atoms with Crippen molar-refractivity contribution in [3.63, 3.8) is 0 Å². The van der Waals surface area contributed by atoms with Gasteiger partial charge in [-0.1, -0.05) is 20.8 Å². The largest absolute Gasteiger partial charge is 0.480 e. The van der Waals surface area contributed by atoms with Gasteiger partial charge in [0.25, 0.3) is 5.91 Å². The number of carbonyl (C=O) groups excluding carboxylic acids is 1. The maximum Gasteiger partial charge on any atom is 0.325 e. The molecule has 1 amide bonds. The third kappa shape index (κ3) is 3.65. The molecule has 0 spiro atoms. The van der Waals surface area contributed by atoms with E-state index in [9.17, 15) is 9.59 Å². The Hall–Kier alpha value is -2.71. The highest BCUT2D eigenvalue weighted by Crippen LogP contribution is 2.17. The predicted octanol–water partition coefficient (Wildman–Crippen LogP) is 0.636. The molecule has 21 heavy (non-hydrogen) atoms. The molecular weight excluding hydrogens is 276 g/mol. The summed E-state index contributed by atoms with van der Waals surface area (Å²) in [5.74, 6) is -0.878. The van der Waals surface area contributed by atoms with Crippen LogP contribution < -0.4 is 5.32 Å². The molecule has 0 atom stereocenters. The molecule has 0 unspecified atom stereocenters. The molecule has 3 N–H and O–H groups in total. The number of aromatic amines is 1. The predicted molar refractivity (Wildman–Crippen MR) is 72.9 cm³/mol. The second-order valence-corrected chi connectivity index (χ2v) is 5.53. The molecule has 0 aliphatic carbocycles. The van der Waals surface area contributed by atoms with Crippen LogP contribution in [0.5, 0.6) is 0 Å². The van der Waals surface area contributed by atoms with Crippen molar-refractivity contribution in [2.75, 3.05) is 5.32 Å². The van der Waals surface area contributed by atoms with Crippen LogP contribution in [0.4, 0.5) is 5.69 Å². The van der Waals surface area contributed by atoms with Crippen LogP contribution in [0.15, 0.2) is 12.4 Å². The van der Waals surface area contributed by atoms with Crippen LogP contribution in [0, 0.1) is 0 Å². The van der Waals surface area contributed by atoms with Crippen molar-refractivity contribution in [1.82, 2.24) is 25.0 Å². The molecule has 0 saturated heterocycles. The van der Waals surface area contributed by atoms with Gasteiger partial charge >= 0.3 is 5.97 Å². The van der Waals surface area contributed by atoms with Crippen molar-refractivity contribution < 1.29 is 14.7 Å². The van der Waals surface area contributed by atoms with E-state index in [-0.39, 0.29) is 17.8 Å². The SMILES string of the molecule is CC(C)(C)c1nc(C(=O)Nc2cnn(CC(=O)O)c2)n[nH]1. The Bertz CT molecular complexity index is 667. The van der Waals surface area contributed by atoms with Crippen molar-refractivity contribution in [1.29, 1.82) is 0 Å². The quantitative estimate of drug-likeness (QED) is 0.759. The Balaban J connectivity index is 2.06. The van der Waals surface area contributed by atoms with E-state index in [1.165, 1.54) is 17.1 Å². The van der Waals surface area contributed by atoms with E-state index in [2.05, 4.69) is 25.6 Å². The van der Waals surface area contributed by atoms with Crippen LogP contribution in [-0.4, -0.2) is 41.9 Å². The summed E-state index contributed by atoms with van der Waals surface area (Å²) in [6.45, 7) is 5.58. The van der Waals surface area contributed by atoms with E-state index in [4.69, 9.17) is 5.11 Å². The van der Waals surface area contributed by atoms with Crippen LogP contribution in [0.1, 0.15) is 37.2 Å². The first-order chi connectivity index (χ1) is 9.75. The monoisotopic (exact) mass is 292 g/mol. The fourth-order valence-corrected chi connectivity index (χ4v) is 1.54. The van der Waals surface area contributed by atoms with Crippen molar-refractivity contribution in [2.45, 2.75) is 32.7 Å². The van der Waals surface area contributed by atoms with Crippen LogP contribution >= 0.6 is 0 Å². The molecule has 2 aromatic heterocycles. The average molecular weight is 292 g/mol. The first-order valence-electron chi connectivity index (χ1n) is 6.24. The lowest BCUT2D eigenvalue weighted by atomic mass is 9.96. The third-order valence-corrected chi connectivity index (χ3v) is 2.59. The number of H-pyrrole nitrogens is 1. The summed E-state index contributed by atoms with van der Waals surface area (Å²) in [5.41, 5.74) is 0.140. The second-order valence-electron chi connectivity index (χ2n) is 5.53. The van der Waals surface area contributed by atoms with E-state index in [1.54, 1.807) is 0 Å². The Kier molecular flexibility index (Phi) is 3.74. The highest BCUT2D eigenvalue weighted by atomic mass is 16.4. The van der Waals surface area contributed by atoms with Crippen molar-refractivity contribution in [3.05, 3.63) is 24.0 Å². The van der Waals surface area contributed by atoms with E-state index in [0.717, 1.165) is 0 Å². The smallest absolute Gasteiger partial charge is 0.325 e. The van der Waals surface area contributed by atoms with Crippen LogP contribution in [0.25, 0.3) is 0 Å². The number of carboxylic acid groups (broad SMARTS) is 1. The number of hydrogen-bond acceptors (Lipinski definition) is 5. The van der Waals surface area contributed by atoms with Gasteiger partial charge in [0, 0.05) is 11.6 Å². The fraction of sp³-hybridized carbons (Fsp3) is 0.417. The van der Waals surface area contributed by atoms with Crippen molar-refractivity contribution in [3.8, 4) is 0 Å². The molecule has 0 bridgehead atoms. The molecule has 0 aromatic carbocycles. The number of amides is 1. The van der Waals surface area contributed by atoms with Gasteiger partial charge in [0.1, 0.15) is 12.4 Å². The Labute approximate surface area is 120 Å². The number of nitrogens with one attached hydrogen (secondary N) is 2. The molecule has 0 fully saturated rings. The maximum absolute atomic E-state index is 12.0. The number of aliphatic carboxylic acids is 1. The highest BCUT2D eigenvalue weighted by Gasteiger charge is 2.21. The molecule has 2 rings (SSSR count). The van der Waals surface area contributed by atoms with Gasteiger partial charge in [-0.2, -0.15) is 5.10 Å². The van der Waals surface area contributed by atoms with Crippen LogP contribution in [0.2, 0.25) is 0 Å². The Morgan fingerprint density at radius 2 is 2.14 bits per heavy atom. The zero-order chi connectivity index (χ0) is 15.6. The van der Waals surface area contributed by atoms with Gasteiger partial charge in [0.15, 0.2) is 0 Å². The van der Waals surface area contributed by atoms with Gasteiger partial charge in [0.05, 0.1) is 11.9 Å². The summed E-state index contributed by atoms with van der Waals surface area (Å²) >= 11 is 0. The summed E-state index contributed by atoms with van der Waals surface area (Å²) in [6.07, 6.45) is 2.78. The second kappa shape index (κ2) is 5.35. The molecule has 0 saturated carbocycles. The molecule has 2 heterocycles. The third-order valence-electron chi connectivity index (χ3n) is 2.59. The Morgan fingerprint density at radius 1 is 1.43 bits per heavy atom. The Morgan fingerprint density at radius 3 is 2.71 bits per heavy atom. The normalized spacial score (nSPS) is 11.4. The number of aromatic nitrogens is 5. The molecule has 9 nitrogen and oxygen atoms in total. The highest BCUT2D eigenvalue weighted by molar-refractivity contribution is 6.01. The number of carboxylic acids is 1.